The summed E-state index contributed by atoms with van der Waals surface area (Å²) in [5.74, 6) is 0. The first-order valence-corrected chi connectivity index (χ1v) is 8.12. The maximum absolute atomic E-state index is 12.1. The zero-order valence-corrected chi connectivity index (χ0v) is 12.9. The fourth-order valence-corrected chi connectivity index (χ4v) is 3.24. The highest BCUT2D eigenvalue weighted by molar-refractivity contribution is 7.93. The molecule has 3 N–H and O–H groups in total. The molecular formula is C11H13N5O3S2. The van der Waals surface area contributed by atoms with Gasteiger partial charge in [0.05, 0.1) is 4.90 Å². The van der Waals surface area contributed by atoms with Crippen molar-refractivity contribution < 1.29 is 13.2 Å². The lowest BCUT2D eigenvalue weighted by Crippen LogP contribution is -2.24. The molecule has 0 radical (unpaired) electrons. The van der Waals surface area contributed by atoms with Crippen molar-refractivity contribution in [3.05, 3.63) is 29.3 Å². The van der Waals surface area contributed by atoms with Crippen molar-refractivity contribution in [3.63, 3.8) is 0 Å². The third-order valence-electron chi connectivity index (χ3n) is 2.40. The molecule has 0 saturated carbocycles. The van der Waals surface area contributed by atoms with Crippen LogP contribution >= 0.6 is 11.3 Å². The van der Waals surface area contributed by atoms with Crippen molar-refractivity contribution in [3.8, 4) is 0 Å². The largest absolute Gasteiger partial charge is 0.341 e. The lowest BCUT2D eigenvalue weighted by atomic mass is 10.3. The Bertz CT molecular complexity index is 739. The Morgan fingerprint density at radius 3 is 2.38 bits per heavy atom. The van der Waals surface area contributed by atoms with Crippen molar-refractivity contribution in [2.75, 3.05) is 17.1 Å². The zero-order valence-electron chi connectivity index (χ0n) is 11.2. The molecule has 0 saturated heterocycles. The first-order chi connectivity index (χ1) is 9.90. The third-order valence-corrected chi connectivity index (χ3v) is 4.64. The summed E-state index contributed by atoms with van der Waals surface area (Å²) in [6.45, 7) is 1.73. The van der Waals surface area contributed by atoms with E-state index >= 15 is 0 Å². The van der Waals surface area contributed by atoms with Crippen LogP contribution in [0.2, 0.25) is 0 Å². The van der Waals surface area contributed by atoms with Crippen LogP contribution in [0.15, 0.2) is 29.2 Å². The molecule has 112 valence electrons. The average Bonchev–Trinajstić information content (AvgIpc) is 2.83. The van der Waals surface area contributed by atoms with Crippen LogP contribution in [0.4, 0.5) is 15.6 Å². The van der Waals surface area contributed by atoms with E-state index in [0.717, 1.165) is 11.3 Å². The highest BCUT2D eigenvalue weighted by Crippen LogP contribution is 2.20. The van der Waals surface area contributed by atoms with Gasteiger partial charge in [-0.05, 0) is 31.2 Å². The number of urea groups is 1. The Balaban J connectivity index is 2.15. The molecule has 2 amide bonds. The number of rotatable bonds is 4. The second kappa shape index (κ2) is 6.06. The summed E-state index contributed by atoms with van der Waals surface area (Å²) in [7, 11) is -2.23. The number of carbonyl (C=O) groups is 1. The molecule has 8 nitrogen and oxygen atoms in total. The molecule has 2 rings (SSSR count). The van der Waals surface area contributed by atoms with Gasteiger partial charge in [-0.2, -0.15) is 0 Å². The van der Waals surface area contributed by atoms with Gasteiger partial charge in [0.1, 0.15) is 5.01 Å². The Morgan fingerprint density at radius 2 is 1.86 bits per heavy atom. The number of aromatic nitrogens is 2. The van der Waals surface area contributed by atoms with Gasteiger partial charge in [-0.3, -0.25) is 4.72 Å². The molecule has 0 unspecified atom stereocenters. The number of anilines is 2. The van der Waals surface area contributed by atoms with Gasteiger partial charge in [0.15, 0.2) is 0 Å². The number of nitrogens with one attached hydrogen (secondary N) is 3. The Labute approximate surface area is 125 Å². The first kappa shape index (κ1) is 15.2. The van der Waals surface area contributed by atoms with E-state index in [4.69, 9.17) is 0 Å². The summed E-state index contributed by atoms with van der Waals surface area (Å²) in [5.41, 5.74) is 0.486. The van der Waals surface area contributed by atoms with Crippen LogP contribution in [0.3, 0.4) is 0 Å². The molecule has 10 heteroatoms. The quantitative estimate of drug-likeness (QED) is 0.785. The molecule has 0 aliphatic carbocycles. The van der Waals surface area contributed by atoms with Crippen molar-refractivity contribution in [1.29, 1.82) is 0 Å². The maximum atomic E-state index is 12.1. The second-order valence-electron chi connectivity index (χ2n) is 3.96. The summed E-state index contributed by atoms with van der Waals surface area (Å²) >= 11 is 1.15. The molecule has 0 aliphatic heterocycles. The van der Waals surface area contributed by atoms with Crippen LogP contribution < -0.4 is 15.4 Å². The van der Waals surface area contributed by atoms with Gasteiger partial charge in [-0.1, -0.05) is 11.3 Å². The monoisotopic (exact) mass is 327 g/mol. The van der Waals surface area contributed by atoms with Gasteiger partial charge in [0.25, 0.3) is 10.0 Å². The lowest BCUT2D eigenvalue weighted by Gasteiger charge is -2.07. The molecule has 1 heterocycles. The van der Waals surface area contributed by atoms with Crippen molar-refractivity contribution in [1.82, 2.24) is 15.5 Å². The fourth-order valence-electron chi connectivity index (χ4n) is 1.42. The summed E-state index contributed by atoms with van der Waals surface area (Å²) in [6.07, 6.45) is 0. The van der Waals surface area contributed by atoms with Crippen LogP contribution in [0.1, 0.15) is 5.01 Å². The van der Waals surface area contributed by atoms with E-state index in [2.05, 4.69) is 25.6 Å². The predicted molar refractivity (Wildman–Crippen MR) is 80.0 cm³/mol. The van der Waals surface area contributed by atoms with E-state index in [1.807, 2.05) is 0 Å². The topological polar surface area (TPSA) is 113 Å². The van der Waals surface area contributed by atoms with Gasteiger partial charge in [0.2, 0.25) is 5.13 Å². The minimum absolute atomic E-state index is 0.0674. The van der Waals surface area contributed by atoms with E-state index in [1.165, 1.54) is 31.3 Å². The summed E-state index contributed by atoms with van der Waals surface area (Å²) in [6, 6.07) is 5.39. The molecular weight excluding hydrogens is 314 g/mol. The number of sulfonamides is 1. The minimum Gasteiger partial charge on any atom is -0.341 e. The Morgan fingerprint density at radius 1 is 1.19 bits per heavy atom. The molecule has 0 bridgehead atoms. The number of aryl methyl sites for hydroxylation is 1. The SMILES string of the molecule is CNC(=O)Nc1ccc(S(=O)(=O)Nc2nnc(C)s2)cc1. The standard InChI is InChI=1S/C11H13N5O3S2/c1-7-14-15-11(20-7)16-21(18,19)9-5-3-8(4-6-9)13-10(17)12-2/h3-6H,1-2H3,(H,15,16)(H2,12,13,17). The molecule has 0 spiro atoms. The smallest absolute Gasteiger partial charge is 0.318 e. The maximum Gasteiger partial charge on any atom is 0.318 e. The number of hydrogen-bond donors (Lipinski definition) is 3. The minimum atomic E-state index is -3.72. The molecule has 21 heavy (non-hydrogen) atoms. The van der Waals surface area contributed by atoms with E-state index in [1.54, 1.807) is 6.92 Å². The number of amides is 2. The molecule has 0 atom stereocenters. The summed E-state index contributed by atoms with van der Waals surface area (Å²) < 4.78 is 26.6. The van der Waals surface area contributed by atoms with Crippen molar-refractivity contribution in [2.45, 2.75) is 11.8 Å². The lowest BCUT2D eigenvalue weighted by molar-refractivity contribution is 0.254. The Kier molecular flexibility index (Phi) is 4.38. The molecule has 0 fully saturated rings. The molecule has 1 aromatic heterocycles. The van der Waals surface area contributed by atoms with Gasteiger partial charge in [-0.15, -0.1) is 10.2 Å². The van der Waals surface area contributed by atoms with Crippen LogP contribution in [-0.2, 0) is 10.0 Å². The van der Waals surface area contributed by atoms with E-state index in [-0.39, 0.29) is 16.1 Å². The van der Waals surface area contributed by atoms with Crippen molar-refractivity contribution in [2.24, 2.45) is 0 Å². The van der Waals surface area contributed by atoms with Crippen LogP contribution in [0, 0.1) is 6.92 Å². The number of nitrogens with zero attached hydrogens (tertiary/aromatic N) is 2. The van der Waals surface area contributed by atoms with Gasteiger partial charge >= 0.3 is 6.03 Å². The van der Waals surface area contributed by atoms with Crippen LogP contribution in [0.5, 0.6) is 0 Å². The predicted octanol–water partition coefficient (Wildman–Crippen LogP) is 1.40. The highest BCUT2D eigenvalue weighted by Gasteiger charge is 2.16. The van der Waals surface area contributed by atoms with E-state index in [9.17, 15) is 13.2 Å². The number of carbonyl (C=O) groups excluding carboxylic acids is 1. The highest BCUT2D eigenvalue weighted by atomic mass is 32.2. The van der Waals surface area contributed by atoms with E-state index in [0.29, 0.717) is 10.7 Å². The zero-order chi connectivity index (χ0) is 15.5. The third kappa shape index (κ3) is 3.89. The normalized spacial score (nSPS) is 11.0. The summed E-state index contributed by atoms with van der Waals surface area (Å²) in [5, 5.41) is 13.3. The summed E-state index contributed by atoms with van der Waals surface area (Å²) in [4.78, 5) is 11.2. The molecule has 2 aromatic rings. The molecule has 0 aliphatic rings. The van der Waals surface area contributed by atoms with Gasteiger partial charge in [-0.25, -0.2) is 13.2 Å². The van der Waals surface area contributed by atoms with E-state index < -0.39 is 10.0 Å². The fraction of sp³-hybridized carbons (Fsp3) is 0.182. The second-order valence-corrected chi connectivity index (χ2v) is 6.82. The number of benzene rings is 1. The molecule has 1 aromatic carbocycles. The number of hydrogen-bond acceptors (Lipinski definition) is 6. The average molecular weight is 327 g/mol. The van der Waals surface area contributed by atoms with Gasteiger partial charge in [0, 0.05) is 12.7 Å². The Hall–Kier alpha value is -2.20. The first-order valence-electron chi connectivity index (χ1n) is 5.82. The van der Waals surface area contributed by atoms with Gasteiger partial charge < -0.3 is 10.6 Å². The van der Waals surface area contributed by atoms with Crippen LogP contribution in [0.25, 0.3) is 0 Å². The van der Waals surface area contributed by atoms with Crippen LogP contribution in [-0.4, -0.2) is 31.7 Å². The van der Waals surface area contributed by atoms with Crippen molar-refractivity contribution >= 4 is 38.2 Å².